The van der Waals surface area contributed by atoms with Crippen molar-refractivity contribution in [2.24, 2.45) is 55.7 Å². The fourth-order valence-electron chi connectivity index (χ4n) is 12.2. The quantitative estimate of drug-likeness (QED) is 0.271. The highest BCUT2D eigenvalue weighted by atomic mass is 16.4. The minimum atomic E-state index is -0.711. The molecule has 0 bridgehead atoms. The first-order chi connectivity index (χ1) is 22.5. The van der Waals surface area contributed by atoms with Gasteiger partial charge in [-0.25, -0.2) is 0 Å². The number of aliphatic hydroxyl groups is 1. The van der Waals surface area contributed by atoms with Crippen molar-refractivity contribution in [3.8, 4) is 0 Å². The van der Waals surface area contributed by atoms with Crippen LogP contribution in [0.5, 0.6) is 0 Å². The van der Waals surface area contributed by atoms with Gasteiger partial charge in [-0.1, -0.05) is 96.4 Å². The van der Waals surface area contributed by atoms with Crippen LogP contribution in [0.15, 0.2) is 47.1 Å². The van der Waals surface area contributed by atoms with Crippen molar-refractivity contribution in [2.75, 3.05) is 0 Å². The molecule has 2 N–H and O–H groups in total. The summed E-state index contributed by atoms with van der Waals surface area (Å²) >= 11 is 0. The summed E-state index contributed by atoms with van der Waals surface area (Å²) in [4.78, 5) is 26.4. The van der Waals surface area contributed by atoms with E-state index in [0.29, 0.717) is 17.8 Å². The van der Waals surface area contributed by atoms with Crippen LogP contribution >= 0.6 is 0 Å². The molecule has 4 saturated carbocycles. The highest BCUT2D eigenvalue weighted by molar-refractivity contribution is 5.95. The number of ketones is 1. The molecule has 0 aromatic rings. The smallest absolute Gasteiger partial charge is 0.309 e. The molecule has 0 aromatic heterocycles. The summed E-state index contributed by atoms with van der Waals surface area (Å²) < 4.78 is 0. The monoisotopic (exact) mass is 675 g/mol. The zero-order chi connectivity index (χ0) is 36.4. The summed E-state index contributed by atoms with van der Waals surface area (Å²) in [7, 11) is 0. The van der Waals surface area contributed by atoms with Gasteiger partial charge in [0, 0.05) is 5.92 Å². The molecule has 0 amide bonds. The summed E-state index contributed by atoms with van der Waals surface area (Å²) in [5, 5.41) is 20.9. The molecular weight excluding hydrogens is 604 g/mol. The van der Waals surface area contributed by atoms with Gasteiger partial charge in [0.05, 0.1) is 11.5 Å². The van der Waals surface area contributed by atoms with Gasteiger partial charge >= 0.3 is 5.97 Å². The Morgan fingerprint density at radius 2 is 1.51 bits per heavy atom. The van der Waals surface area contributed by atoms with Gasteiger partial charge in [-0.15, -0.1) is 0 Å². The molecule has 9 unspecified atom stereocenters. The Bertz CT molecular complexity index is 1440. The van der Waals surface area contributed by atoms with Crippen LogP contribution in [0.2, 0.25) is 0 Å². The number of aliphatic hydroxyl groups excluding tert-OH is 1. The molecule has 274 valence electrons. The largest absolute Gasteiger partial charge is 0.481 e. The summed E-state index contributed by atoms with van der Waals surface area (Å²) in [6, 6.07) is 0. The zero-order valence-electron chi connectivity index (χ0n) is 33.1. The van der Waals surface area contributed by atoms with E-state index >= 15 is 0 Å². The van der Waals surface area contributed by atoms with E-state index in [1.165, 1.54) is 29.6 Å². The minimum Gasteiger partial charge on any atom is -0.481 e. The Morgan fingerprint density at radius 1 is 0.837 bits per heavy atom. The van der Waals surface area contributed by atoms with Crippen LogP contribution in [-0.2, 0) is 9.59 Å². The Balaban J connectivity index is 0.000000263. The predicted molar refractivity (Wildman–Crippen MR) is 202 cm³/mol. The second-order valence-corrected chi connectivity index (χ2v) is 20.4. The lowest BCUT2D eigenvalue weighted by atomic mass is 9.33. The number of carbonyl (C=O) groups is 2. The first kappa shape index (κ1) is 38.3. The summed E-state index contributed by atoms with van der Waals surface area (Å²) in [5.74, 6) is 0.0603. The summed E-state index contributed by atoms with van der Waals surface area (Å²) in [6.07, 6.45) is 24.1. The Labute approximate surface area is 299 Å². The number of carboxylic acid groups (broad SMARTS) is 1. The molecule has 0 spiro atoms. The van der Waals surface area contributed by atoms with E-state index in [4.69, 9.17) is 0 Å². The SMILES string of the molecule is CC1(C(=O)O)CCC2(C)CCC3(C)C(=CC(=O)C4C5(C)CCC(O)C(C)(C)C5CCC43C)C2C1.CC1=CCCC(C)=CCC(C)(C)C=CC1. The molecule has 0 aromatic carbocycles. The van der Waals surface area contributed by atoms with Crippen LogP contribution in [-0.4, -0.2) is 28.1 Å². The third-order valence-electron chi connectivity index (χ3n) is 16.1. The van der Waals surface area contributed by atoms with Crippen molar-refractivity contribution in [1.82, 2.24) is 0 Å². The van der Waals surface area contributed by atoms with Crippen LogP contribution in [0.4, 0.5) is 0 Å². The normalized spacial score (nSPS) is 44.5. The summed E-state index contributed by atoms with van der Waals surface area (Å²) in [5.41, 5.74) is 3.48. The van der Waals surface area contributed by atoms with Crippen LogP contribution in [0.1, 0.15) is 160 Å². The lowest BCUT2D eigenvalue weighted by Crippen LogP contribution is -2.66. The number of aliphatic carboxylic acids is 1. The third kappa shape index (κ3) is 6.53. The molecule has 9 atom stereocenters. The maximum atomic E-state index is 14.2. The average Bonchev–Trinajstić information content (AvgIpc) is 3.02. The molecule has 0 saturated heterocycles. The highest BCUT2D eigenvalue weighted by Gasteiger charge is 2.70. The molecule has 0 aliphatic heterocycles. The average molecular weight is 675 g/mol. The fraction of sp³-hybridized carbons (Fsp3) is 0.778. The fourth-order valence-corrected chi connectivity index (χ4v) is 12.2. The maximum Gasteiger partial charge on any atom is 0.309 e. The number of allylic oxidation sites excluding steroid dienone is 8. The van der Waals surface area contributed by atoms with E-state index in [0.717, 1.165) is 64.2 Å². The molecule has 4 nitrogen and oxygen atoms in total. The van der Waals surface area contributed by atoms with Gasteiger partial charge in [0.2, 0.25) is 0 Å². The molecule has 0 heterocycles. The molecule has 49 heavy (non-hydrogen) atoms. The number of rotatable bonds is 1. The summed E-state index contributed by atoms with van der Waals surface area (Å²) in [6.45, 7) is 24.9. The molecule has 6 rings (SSSR count). The van der Waals surface area contributed by atoms with Gasteiger partial charge < -0.3 is 10.2 Å². The van der Waals surface area contributed by atoms with Crippen LogP contribution in [0, 0.1) is 55.7 Å². The first-order valence-electron chi connectivity index (χ1n) is 19.7. The standard InChI is InChI=1S/C30H46O4.C15H24/c1-25(2)21-8-11-30(7)23(28(21,5)10-9-22(25)32)20(31)16-18-19-17-27(4,24(33)34)13-12-26(19,3)14-15-29(18,30)6;1-13-7-5-8-14(2)10-12-15(3,4)11-6-9-13/h16,19,21-23,32H,8-15,17H2,1-7H3,(H,33,34);6-7,10-11H,5,8-9,12H2,1-4H3. The van der Waals surface area contributed by atoms with E-state index < -0.39 is 11.4 Å². The van der Waals surface area contributed by atoms with Crippen LogP contribution in [0.25, 0.3) is 0 Å². The predicted octanol–water partition coefficient (Wildman–Crippen LogP) is 11.4. The molecule has 4 heteroatoms. The molecule has 4 fully saturated rings. The number of hydrogen-bond acceptors (Lipinski definition) is 3. The first-order valence-corrected chi connectivity index (χ1v) is 19.7. The van der Waals surface area contributed by atoms with Crippen molar-refractivity contribution >= 4 is 11.8 Å². The number of fused-ring (bicyclic) bond motifs is 7. The minimum absolute atomic E-state index is 0.0296. The van der Waals surface area contributed by atoms with E-state index in [-0.39, 0.29) is 50.8 Å². The van der Waals surface area contributed by atoms with Crippen LogP contribution < -0.4 is 0 Å². The van der Waals surface area contributed by atoms with E-state index in [9.17, 15) is 19.8 Å². The molecule has 6 aliphatic rings. The van der Waals surface area contributed by atoms with Gasteiger partial charge in [-0.05, 0) is 155 Å². The van der Waals surface area contributed by atoms with Gasteiger partial charge in [-0.3, -0.25) is 9.59 Å². The van der Waals surface area contributed by atoms with Crippen molar-refractivity contribution < 1.29 is 19.8 Å². The van der Waals surface area contributed by atoms with Gasteiger partial charge in [0.25, 0.3) is 0 Å². The second-order valence-electron chi connectivity index (χ2n) is 20.4. The Hall–Kier alpha value is -1.94. The number of carbonyl (C=O) groups excluding carboxylic acids is 1. The highest BCUT2D eigenvalue weighted by Crippen LogP contribution is 2.75. The topological polar surface area (TPSA) is 74.6 Å². The zero-order valence-corrected chi connectivity index (χ0v) is 33.1. The van der Waals surface area contributed by atoms with E-state index in [2.05, 4.69) is 93.5 Å². The lowest BCUT2D eigenvalue weighted by molar-refractivity contribution is -0.202. The second kappa shape index (κ2) is 12.9. The Kier molecular flexibility index (Phi) is 10.1. The van der Waals surface area contributed by atoms with Crippen molar-refractivity contribution in [3.05, 3.63) is 47.1 Å². The molecular formula is C45H70O4. The van der Waals surface area contributed by atoms with Crippen molar-refractivity contribution in [3.63, 3.8) is 0 Å². The lowest BCUT2D eigenvalue weighted by Gasteiger charge is -2.70. The van der Waals surface area contributed by atoms with Gasteiger partial charge in [0.15, 0.2) is 5.78 Å². The number of hydrogen-bond donors (Lipinski definition) is 2. The van der Waals surface area contributed by atoms with E-state index in [1.54, 1.807) is 0 Å². The van der Waals surface area contributed by atoms with Crippen molar-refractivity contribution in [2.45, 2.75) is 166 Å². The molecule has 0 radical (unpaired) electrons. The number of carboxylic acids is 1. The van der Waals surface area contributed by atoms with Crippen molar-refractivity contribution in [1.29, 1.82) is 0 Å². The Morgan fingerprint density at radius 3 is 2.18 bits per heavy atom. The van der Waals surface area contributed by atoms with Gasteiger partial charge in [0.1, 0.15) is 0 Å². The maximum absolute atomic E-state index is 14.2. The van der Waals surface area contributed by atoms with E-state index in [1.807, 2.05) is 13.0 Å². The van der Waals surface area contributed by atoms with Crippen LogP contribution in [0.3, 0.4) is 0 Å². The van der Waals surface area contributed by atoms with Gasteiger partial charge in [-0.2, -0.15) is 0 Å². The molecule has 6 aliphatic carbocycles. The third-order valence-corrected chi connectivity index (χ3v) is 16.1.